The van der Waals surface area contributed by atoms with Crippen molar-refractivity contribution in [2.75, 3.05) is 12.4 Å². The average Bonchev–Trinajstić information content (AvgIpc) is 3.26. The summed E-state index contributed by atoms with van der Waals surface area (Å²) in [5.41, 5.74) is 1.86. The molecule has 0 spiro atoms. The number of nitrogens with one attached hydrogen (secondary N) is 1. The number of anilines is 1. The minimum absolute atomic E-state index is 0.319. The van der Waals surface area contributed by atoms with Gasteiger partial charge < -0.3 is 10.1 Å². The van der Waals surface area contributed by atoms with Gasteiger partial charge in [0.1, 0.15) is 10.7 Å². The summed E-state index contributed by atoms with van der Waals surface area (Å²) in [7, 11) is 1.31. The Morgan fingerprint density at radius 2 is 2.00 bits per heavy atom. The number of carbonyl (C=O) groups is 2. The first-order valence-corrected chi connectivity index (χ1v) is 8.84. The molecule has 0 unspecified atom stereocenters. The van der Waals surface area contributed by atoms with Gasteiger partial charge in [-0.25, -0.2) is 9.78 Å². The van der Waals surface area contributed by atoms with Gasteiger partial charge >= 0.3 is 5.97 Å². The topological polar surface area (TPSA) is 68.3 Å². The first kappa shape index (κ1) is 16.4. The first-order valence-electron chi connectivity index (χ1n) is 7.09. The second kappa shape index (κ2) is 6.94. The van der Waals surface area contributed by atoms with Gasteiger partial charge in [0.15, 0.2) is 0 Å². The SMILES string of the molecule is COC(=O)c1cccc(C)c1NC(=O)c1csc(-c2cccs2)n1. The van der Waals surface area contributed by atoms with E-state index in [1.807, 2.05) is 30.5 Å². The number of carbonyl (C=O) groups excluding carboxylic acids is 2. The van der Waals surface area contributed by atoms with E-state index in [2.05, 4.69) is 10.3 Å². The van der Waals surface area contributed by atoms with Crippen LogP contribution >= 0.6 is 22.7 Å². The summed E-state index contributed by atoms with van der Waals surface area (Å²) in [5, 5.41) is 7.25. The molecule has 0 saturated heterocycles. The average molecular weight is 358 g/mol. The molecule has 7 heteroatoms. The molecule has 0 saturated carbocycles. The van der Waals surface area contributed by atoms with Crippen LogP contribution in [0.5, 0.6) is 0 Å². The third-order valence-electron chi connectivity index (χ3n) is 3.39. The van der Waals surface area contributed by atoms with Gasteiger partial charge in [-0.3, -0.25) is 4.79 Å². The lowest BCUT2D eigenvalue weighted by Gasteiger charge is -2.11. The van der Waals surface area contributed by atoms with Gasteiger partial charge in [0.25, 0.3) is 5.91 Å². The number of rotatable bonds is 4. The molecular formula is C17H14N2O3S2. The Morgan fingerprint density at radius 1 is 1.17 bits per heavy atom. The lowest BCUT2D eigenvalue weighted by molar-refractivity contribution is 0.0602. The van der Waals surface area contributed by atoms with Crippen LogP contribution in [0, 0.1) is 6.92 Å². The van der Waals surface area contributed by atoms with Gasteiger partial charge in [0, 0.05) is 5.38 Å². The zero-order valence-corrected chi connectivity index (χ0v) is 14.7. The monoisotopic (exact) mass is 358 g/mol. The van der Waals surface area contributed by atoms with Crippen molar-refractivity contribution in [1.29, 1.82) is 0 Å². The van der Waals surface area contributed by atoms with Crippen LogP contribution < -0.4 is 5.32 Å². The third-order valence-corrected chi connectivity index (χ3v) is 5.27. The molecule has 3 aromatic rings. The molecule has 1 N–H and O–H groups in total. The normalized spacial score (nSPS) is 10.4. The Balaban J connectivity index is 1.87. The Morgan fingerprint density at radius 3 is 2.71 bits per heavy atom. The van der Waals surface area contributed by atoms with Crippen LogP contribution in [0.15, 0.2) is 41.1 Å². The van der Waals surface area contributed by atoms with Gasteiger partial charge in [0.2, 0.25) is 0 Å². The van der Waals surface area contributed by atoms with Crippen LogP contribution in [0.4, 0.5) is 5.69 Å². The summed E-state index contributed by atoms with van der Waals surface area (Å²) < 4.78 is 4.77. The second-order valence-corrected chi connectivity index (χ2v) is 6.76. The van der Waals surface area contributed by atoms with Gasteiger partial charge in [-0.15, -0.1) is 22.7 Å². The fraction of sp³-hybridized carbons (Fsp3) is 0.118. The number of thiophene rings is 1. The van der Waals surface area contributed by atoms with Gasteiger partial charge in [-0.1, -0.05) is 18.2 Å². The second-order valence-electron chi connectivity index (χ2n) is 4.96. The van der Waals surface area contributed by atoms with E-state index < -0.39 is 5.97 Å². The first-order chi connectivity index (χ1) is 11.6. The largest absolute Gasteiger partial charge is 0.465 e. The number of aryl methyl sites for hydroxylation is 1. The number of para-hydroxylation sites is 1. The van der Waals surface area contributed by atoms with E-state index in [1.165, 1.54) is 18.4 Å². The van der Waals surface area contributed by atoms with Crippen molar-refractivity contribution in [2.45, 2.75) is 6.92 Å². The number of esters is 1. The van der Waals surface area contributed by atoms with Crippen molar-refractivity contribution in [3.05, 3.63) is 57.9 Å². The van der Waals surface area contributed by atoms with Crippen LogP contribution in [-0.2, 0) is 4.74 Å². The fourth-order valence-electron chi connectivity index (χ4n) is 2.18. The predicted octanol–water partition coefficient (Wildman–Crippen LogP) is 4.22. The van der Waals surface area contributed by atoms with E-state index in [-0.39, 0.29) is 5.91 Å². The van der Waals surface area contributed by atoms with Gasteiger partial charge in [-0.2, -0.15) is 0 Å². The van der Waals surface area contributed by atoms with E-state index in [0.29, 0.717) is 16.9 Å². The molecule has 0 fully saturated rings. The molecule has 0 radical (unpaired) electrons. The van der Waals surface area contributed by atoms with Crippen molar-refractivity contribution in [2.24, 2.45) is 0 Å². The summed E-state index contributed by atoms with van der Waals surface area (Å²) >= 11 is 2.98. The maximum atomic E-state index is 12.5. The lowest BCUT2D eigenvalue weighted by atomic mass is 10.1. The quantitative estimate of drug-likeness (QED) is 0.709. The maximum Gasteiger partial charge on any atom is 0.339 e. The highest BCUT2D eigenvalue weighted by atomic mass is 32.1. The van der Waals surface area contributed by atoms with E-state index in [0.717, 1.165) is 15.4 Å². The van der Waals surface area contributed by atoms with Gasteiger partial charge in [0.05, 0.1) is 23.2 Å². The number of amides is 1. The number of benzene rings is 1. The number of aromatic nitrogens is 1. The predicted molar refractivity (Wildman–Crippen MR) is 95.9 cm³/mol. The zero-order chi connectivity index (χ0) is 17.1. The fourth-order valence-corrected chi connectivity index (χ4v) is 3.80. The summed E-state index contributed by atoms with van der Waals surface area (Å²) in [6, 6.07) is 9.08. The molecule has 0 bridgehead atoms. The molecular weight excluding hydrogens is 344 g/mol. The molecule has 2 aromatic heterocycles. The van der Waals surface area contributed by atoms with Crippen molar-refractivity contribution < 1.29 is 14.3 Å². The standard InChI is InChI=1S/C17H14N2O3S2/c1-10-5-3-6-11(17(21)22-2)14(10)19-15(20)12-9-24-16(18-12)13-7-4-8-23-13/h3-9H,1-2H3,(H,19,20). The minimum atomic E-state index is -0.494. The van der Waals surface area contributed by atoms with E-state index in [4.69, 9.17) is 4.74 Å². The van der Waals surface area contributed by atoms with E-state index >= 15 is 0 Å². The molecule has 24 heavy (non-hydrogen) atoms. The molecule has 0 aliphatic heterocycles. The number of nitrogens with zero attached hydrogens (tertiary/aromatic N) is 1. The maximum absolute atomic E-state index is 12.5. The highest BCUT2D eigenvalue weighted by Crippen LogP contribution is 2.28. The number of hydrogen-bond acceptors (Lipinski definition) is 6. The van der Waals surface area contributed by atoms with Crippen LogP contribution in [0.25, 0.3) is 9.88 Å². The lowest BCUT2D eigenvalue weighted by Crippen LogP contribution is -2.16. The Kier molecular flexibility index (Phi) is 4.73. The van der Waals surface area contributed by atoms with Crippen LogP contribution in [0.2, 0.25) is 0 Å². The van der Waals surface area contributed by atoms with Crippen molar-refractivity contribution in [1.82, 2.24) is 4.98 Å². The Bertz CT molecular complexity index is 885. The highest BCUT2D eigenvalue weighted by molar-refractivity contribution is 7.20. The summed E-state index contributed by atoms with van der Waals surface area (Å²) in [6.07, 6.45) is 0. The molecule has 0 atom stereocenters. The zero-order valence-electron chi connectivity index (χ0n) is 13.0. The molecule has 2 heterocycles. The molecule has 1 amide bonds. The minimum Gasteiger partial charge on any atom is -0.465 e. The molecule has 122 valence electrons. The summed E-state index contributed by atoms with van der Waals surface area (Å²) in [4.78, 5) is 29.8. The molecule has 5 nitrogen and oxygen atoms in total. The molecule has 0 aliphatic rings. The highest BCUT2D eigenvalue weighted by Gasteiger charge is 2.18. The summed E-state index contributed by atoms with van der Waals surface area (Å²) in [6.45, 7) is 1.82. The van der Waals surface area contributed by atoms with Gasteiger partial charge in [-0.05, 0) is 30.0 Å². The Hall–Kier alpha value is -2.51. The van der Waals surface area contributed by atoms with E-state index in [9.17, 15) is 9.59 Å². The number of thiazole rings is 1. The van der Waals surface area contributed by atoms with Crippen LogP contribution in [0.1, 0.15) is 26.4 Å². The van der Waals surface area contributed by atoms with Crippen molar-refractivity contribution in [3.8, 4) is 9.88 Å². The van der Waals surface area contributed by atoms with Crippen LogP contribution in [0.3, 0.4) is 0 Å². The molecule has 1 aromatic carbocycles. The van der Waals surface area contributed by atoms with Crippen molar-refractivity contribution in [3.63, 3.8) is 0 Å². The van der Waals surface area contributed by atoms with Crippen molar-refractivity contribution >= 4 is 40.2 Å². The van der Waals surface area contributed by atoms with Crippen LogP contribution in [-0.4, -0.2) is 24.0 Å². The number of methoxy groups -OCH3 is 1. The Labute approximate surface area is 146 Å². The van der Waals surface area contributed by atoms with E-state index in [1.54, 1.807) is 28.8 Å². The summed E-state index contributed by atoms with van der Waals surface area (Å²) in [5.74, 6) is -0.847. The smallest absolute Gasteiger partial charge is 0.339 e. The number of ether oxygens (including phenoxy) is 1. The molecule has 0 aliphatic carbocycles. The third kappa shape index (κ3) is 3.22. The number of hydrogen-bond donors (Lipinski definition) is 1. The molecule has 3 rings (SSSR count).